The molecular formula is C49H50GeN4O. The molecule has 8 aromatic rings. The molecule has 55 heavy (non-hydrogen) atoms. The zero-order chi connectivity index (χ0) is 37.9. The Balaban J connectivity index is 1.03. The van der Waals surface area contributed by atoms with Crippen LogP contribution < -0.4 is 9.30 Å². The van der Waals surface area contributed by atoms with Crippen molar-refractivity contribution in [3.63, 3.8) is 0 Å². The van der Waals surface area contributed by atoms with Gasteiger partial charge in [-0.1, -0.05) is 51.1 Å². The molecule has 0 atom stereocenters. The summed E-state index contributed by atoms with van der Waals surface area (Å²) in [6.07, 6.45) is 11.1. The van der Waals surface area contributed by atoms with Gasteiger partial charge in [0.2, 0.25) is 0 Å². The molecule has 6 heteroatoms. The zero-order valence-corrected chi connectivity index (χ0v) is 35.0. The molecule has 0 amide bonds. The average Bonchev–Trinajstić information content (AvgIpc) is 3.74. The van der Waals surface area contributed by atoms with Gasteiger partial charge in [0, 0.05) is 23.0 Å². The van der Waals surface area contributed by atoms with Crippen molar-refractivity contribution in [1.82, 2.24) is 14.1 Å². The summed E-state index contributed by atoms with van der Waals surface area (Å²) < 4.78 is 14.2. The van der Waals surface area contributed by atoms with Gasteiger partial charge in [0.25, 0.3) is 0 Å². The van der Waals surface area contributed by atoms with E-state index in [1.54, 1.807) is 0 Å². The fraction of sp³-hybridized carbons (Fsp3) is 0.265. The molecule has 0 aliphatic heterocycles. The first kappa shape index (κ1) is 35.6. The maximum absolute atomic E-state index is 6.65. The van der Waals surface area contributed by atoms with Crippen LogP contribution in [0.25, 0.3) is 50.0 Å². The second-order valence-electron chi connectivity index (χ2n) is 17.5. The molecule has 1 fully saturated rings. The van der Waals surface area contributed by atoms with E-state index in [1.807, 2.05) is 12.3 Å². The number of imidazole rings is 1. The molecule has 0 bridgehead atoms. The van der Waals surface area contributed by atoms with Crippen LogP contribution in [0.1, 0.15) is 63.5 Å². The monoisotopic (exact) mass is 784 g/mol. The number of nitrogens with zero attached hydrogens (tertiary/aromatic N) is 4. The molecule has 1 aliphatic carbocycles. The van der Waals surface area contributed by atoms with Crippen molar-refractivity contribution in [2.75, 3.05) is 0 Å². The molecule has 1 saturated carbocycles. The summed E-state index contributed by atoms with van der Waals surface area (Å²) in [4.78, 5) is 4.85. The van der Waals surface area contributed by atoms with Gasteiger partial charge in [0.15, 0.2) is 0 Å². The number of rotatable bonds is 7. The van der Waals surface area contributed by atoms with E-state index in [-0.39, 0.29) is 5.41 Å². The predicted octanol–water partition coefficient (Wildman–Crippen LogP) is 12.7. The van der Waals surface area contributed by atoms with Crippen LogP contribution in [-0.4, -0.2) is 27.4 Å². The predicted molar refractivity (Wildman–Crippen MR) is 229 cm³/mol. The second kappa shape index (κ2) is 13.9. The molecule has 0 unspecified atom stereocenters. The first-order valence-corrected chi connectivity index (χ1v) is 27.4. The number of pyridine rings is 1. The second-order valence-corrected chi connectivity index (χ2v) is 29.2. The van der Waals surface area contributed by atoms with Crippen LogP contribution in [0.2, 0.25) is 22.0 Å². The third-order valence-electron chi connectivity index (χ3n) is 11.9. The van der Waals surface area contributed by atoms with Crippen LogP contribution in [0.15, 0.2) is 134 Å². The molecule has 0 radical (unpaired) electrons. The first-order valence-electron chi connectivity index (χ1n) is 19.8. The Hall–Kier alpha value is -5.14. The fourth-order valence-corrected chi connectivity index (χ4v) is 13.1. The number of ether oxygens (including phenoxy) is 1. The molecule has 0 spiro atoms. The van der Waals surface area contributed by atoms with Crippen molar-refractivity contribution in [1.29, 1.82) is 0 Å². The van der Waals surface area contributed by atoms with Gasteiger partial charge < -0.3 is 4.74 Å². The Bertz CT molecular complexity index is 2670. The Labute approximate surface area is 327 Å². The van der Waals surface area contributed by atoms with Crippen molar-refractivity contribution in [2.24, 2.45) is 0 Å². The summed E-state index contributed by atoms with van der Waals surface area (Å²) in [6.45, 7) is 6.72. The summed E-state index contributed by atoms with van der Waals surface area (Å²) in [5, 5.41) is 2.36. The third-order valence-corrected chi connectivity index (χ3v) is 18.3. The third kappa shape index (κ3) is 6.77. The van der Waals surface area contributed by atoms with E-state index in [0.717, 1.165) is 55.5 Å². The number of benzene rings is 5. The number of fused-ring (bicyclic) bond motifs is 4. The van der Waals surface area contributed by atoms with E-state index in [1.165, 1.54) is 47.6 Å². The van der Waals surface area contributed by atoms with Gasteiger partial charge in [-0.3, -0.25) is 4.57 Å². The van der Waals surface area contributed by atoms with Crippen LogP contribution in [0, 0.1) is 6.33 Å². The Morgan fingerprint density at radius 3 is 2.16 bits per heavy atom. The zero-order valence-electron chi connectivity index (χ0n) is 32.9. The number of hydrogen-bond acceptors (Lipinski definition) is 2. The number of para-hydroxylation sites is 3. The van der Waals surface area contributed by atoms with Crippen molar-refractivity contribution >= 4 is 46.1 Å². The van der Waals surface area contributed by atoms with E-state index in [9.17, 15) is 0 Å². The summed E-state index contributed by atoms with van der Waals surface area (Å²) in [5.41, 5.74) is 9.23. The van der Waals surface area contributed by atoms with Crippen molar-refractivity contribution in [3.05, 3.63) is 151 Å². The fourth-order valence-electron chi connectivity index (χ4n) is 8.72. The smallest absolute Gasteiger partial charge is 0.0149 e. The summed E-state index contributed by atoms with van der Waals surface area (Å²) in [7, 11) is 0. The molecule has 1 aliphatic rings. The molecular weight excluding hydrogens is 733 g/mol. The Morgan fingerprint density at radius 1 is 0.691 bits per heavy atom. The Kier molecular flexibility index (Phi) is 8.96. The van der Waals surface area contributed by atoms with Crippen molar-refractivity contribution in [2.45, 2.75) is 79.8 Å². The average molecular weight is 784 g/mol. The van der Waals surface area contributed by atoms with Gasteiger partial charge in [-0.25, -0.2) is 4.98 Å². The van der Waals surface area contributed by atoms with E-state index >= 15 is 0 Å². The minimum atomic E-state index is -1.59. The normalized spacial score (nSPS) is 16.6. The van der Waals surface area contributed by atoms with Crippen molar-refractivity contribution in [3.8, 4) is 28.7 Å². The molecule has 3 heterocycles. The van der Waals surface area contributed by atoms with Gasteiger partial charge in [-0.15, -0.1) is 0 Å². The largest absolute Gasteiger partial charge is 0.0592 e. The van der Waals surface area contributed by atoms with E-state index in [4.69, 9.17) is 9.72 Å². The van der Waals surface area contributed by atoms with Gasteiger partial charge >= 0.3 is 153 Å². The molecule has 5 nitrogen and oxygen atoms in total. The minimum absolute atomic E-state index is 0.00857. The molecule has 9 rings (SSSR count). The van der Waals surface area contributed by atoms with E-state index in [0.29, 0.717) is 5.92 Å². The molecule has 276 valence electrons. The van der Waals surface area contributed by atoms with E-state index < -0.39 is 13.3 Å². The van der Waals surface area contributed by atoms with Gasteiger partial charge in [-0.2, -0.15) is 0 Å². The summed E-state index contributed by atoms with van der Waals surface area (Å²) >= 11 is -1.59. The van der Waals surface area contributed by atoms with Crippen LogP contribution in [-0.2, 0) is 5.41 Å². The maximum atomic E-state index is 6.65. The van der Waals surface area contributed by atoms with Gasteiger partial charge in [-0.05, 0) is 59.5 Å². The topological polar surface area (TPSA) is 35.9 Å². The summed E-state index contributed by atoms with van der Waals surface area (Å²) in [5.74, 6) is 10.9. The van der Waals surface area contributed by atoms with Crippen LogP contribution in [0.4, 0.5) is 0 Å². The molecule has 5 aromatic carbocycles. The van der Waals surface area contributed by atoms with Gasteiger partial charge in [0.1, 0.15) is 17.3 Å². The first-order chi connectivity index (χ1) is 26.5. The Morgan fingerprint density at radius 2 is 1.40 bits per heavy atom. The summed E-state index contributed by atoms with van der Waals surface area (Å²) in [6, 6.07) is 45.4. The molecule has 0 N–H and O–H groups in total. The van der Waals surface area contributed by atoms with Crippen LogP contribution in [0.5, 0.6) is 11.5 Å². The number of aromatic nitrogens is 4. The van der Waals surface area contributed by atoms with Crippen LogP contribution >= 0.6 is 0 Å². The standard InChI is InChI=1S/C49H50GeN4O/c1-49(2,3)36-28-29-51-48(30-36)54-44-15-8-7-14-42(44)43-27-26-41(32-47(43)54)55-40-13-11-12-39(31-40)53-33-52(45-16-9-10-17-46(45)53)38-24-20-35(21-25-38)34-18-22-37(23-19-34)50(4,5)6/h7-17,20-21,24-32,34,37H,18-19,22-23H2,1-6H3. The van der Waals surface area contributed by atoms with E-state index in [2.05, 4.69) is 179 Å². The molecule has 0 saturated heterocycles. The quantitative estimate of drug-likeness (QED) is 0.0917. The SMILES string of the molecule is CC(C)(C)c1ccnc(-n2c3ccccc3c3ccc(Oc4cccc(-n5[c-][n+](-c6ccc(C7CC[CH]([Ge]([CH3])([CH3])[CH3])CC7)cc6)c6ccccc65)c4)cc32)c1. The van der Waals surface area contributed by atoms with Crippen LogP contribution in [0.3, 0.4) is 0 Å². The molecule has 3 aromatic heterocycles. The van der Waals surface area contributed by atoms with Crippen molar-refractivity contribution < 1.29 is 9.30 Å². The minimum Gasteiger partial charge on any atom is -0.0149 e. The maximum Gasteiger partial charge on any atom is 0.0592 e. The number of hydrogen-bond donors (Lipinski definition) is 0. The van der Waals surface area contributed by atoms with Gasteiger partial charge in [0.05, 0.1) is 11.0 Å².